The molecule has 0 N–H and O–H groups in total. The summed E-state index contributed by atoms with van der Waals surface area (Å²) in [5.74, 6) is 1.11. The fourth-order valence-electron chi connectivity index (χ4n) is 1.83. The Morgan fingerprint density at radius 2 is 2.41 bits per heavy atom. The minimum absolute atomic E-state index is 0.0233. The predicted molar refractivity (Wildman–Crippen MR) is 68.6 cm³/mol. The van der Waals surface area contributed by atoms with Crippen LogP contribution in [0.2, 0.25) is 0 Å². The zero-order valence-corrected chi connectivity index (χ0v) is 11.3. The summed E-state index contributed by atoms with van der Waals surface area (Å²) in [5, 5.41) is 0. The van der Waals surface area contributed by atoms with Gasteiger partial charge in [0, 0.05) is 17.0 Å². The molecule has 0 aromatic heterocycles. The van der Waals surface area contributed by atoms with E-state index in [2.05, 4.69) is 15.9 Å². The Morgan fingerprint density at radius 1 is 1.59 bits per heavy atom. The van der Waals surface area contributed by atoms with Crippen molar-refractivity contribution in [2.45, 2.75) is 13.3 Å². The summed E-state index contributed by atoms with van der Waals surface area (Å²) in [5.41, 5.74) is 0.632. The van der Waals surface area contributed by atoms with Crippen molar-refractivity contribution < 1.29 is 14.3 Å². The highest BCUT2D eigenvalue weighted by molar-refractivity contribution is 9.10. The molecule has 1 aliphatic heterocycles. The maximum Gasteiger partial charge on any atom is 0.163 e. The molecule has 0 saturated carbocycles. The quantitative estimate of drug-likeness (QED) is 0.802. The van der Waals surface area contributed by atoms with Gasteiger partial charge in [0.2, 0.25) is 0 Å². The van der Waals surface area contributed by atoms with E-state index in [1.54, 1.807) is 13.0 Å². The Bertz CT molecular complexity index is 411. The molecule has 3 nitrogen and oxygen atoms in total. The number of carbonyl (C=O) groups excluding carboxylic acids is 1. The van der Waals surface area contributed by atoms with Crippen molar-refractivity contribution in [2.24, 2.45) is 5.92 Å². The number of rotatable bonds is 4. The third-order valence-corrected chi connectivity index (χ3v) is 3.31. The molecular formula is C13H15BrO3. The van der Waals surface area contributed by atoms with Crippen molar-refractivity contribution in [3.63, 3.8) is 0 Å². The highest BCUT2D eigenvalue weighted by Gasteiger charge is 2.17. The number of ketones is 1. The zero-order chi connectivity index (χ0) is 12.3. The molecule has 1 aliphatic rings. The number of halogens is 1. The smallest absolute Gasteiger partial charge is 0.163 e. The maximum absolute atomic E-state index is 11.5. The fourth-order valence-corrected chi connectivity index (χ4v) is 2.17. The SMILES string of the molecule is CC(=O)c1ccc(Br)cc1OCC1CCOC1. The first-order valence-electron chi connectivity index (χ1n) is 5.68. The molecule has 1 unspecified atom stereocenters. The third kappa shape index (κ3) is 3.30. The molecular weight excluding hydrogens is 284 g/mol. The van der Waals surface area contributed by atoms with Crippen molar-refractivity contribution in [2.75, 3.05) is 19.8 Å². The van der Waals surface area contributed by atoms with Crippen LogP contribution in [0.15, 0.2) is 22.7 Å². The van der Waals surface area contributed by atoms with Gasteiger partial charge in [-0.2, -0.15) is 0 Å². The molecule has 0 amide bonds. The van der Waals surface area contributed by atoms with Gasteiger partial charge in [0.25, 0.3) is 0 Å². The highest BCUT2D eigenvalue weighted by Crippen LogP contribution is 2.25. The Balaban J connectivity index is 2.07. The van der Waals surface area contributed by atoms with Crippen LogP contribution in [0.25, 0.3) is 0 Å². The Labute approximate surface area is 109 Å². The summed E-state index contributed by atoms with van der Waals surface area (Å²) in [7, 11) is 0. The van der Waals surface area contributed by atoms with Crippen LogP contribution in [0.3, 0.4) is 0 Å². The standard InChI is InChI=1S/C13H15BrO3/c1-9(15)12-3-2-11(14)6-13(12)17-8-10-4-5-16-7-10/h2-3,6,10H,4-5,7-8H2,1H3. The molecule has 0 radical (unpaired) electrons. The van der Waals surface area contributed by atoms with Crippen molar-refractivity contribution in [1.82, 2.24) is 0 Å². The Kier molecular flexibility index (Phi) is 4.18. The first-order valence-corrected chi connectivity index (χ1v) is 6.47. The minimum atomic E-state index is 0.0233. The molecule has 1 atom stereocenters. The van der Waals surface area contributed by atoms with Gasteiger partial charge in [-0.25, -0.2) is 0 Å². The van der Waals surface area contributed by atoms with Gasteiger partial charge >= 0.3 is 0 Å². The average Bonchev–Trinajstić information content (AvgIpc) is 2.78. The van der Waals surface area contributed by atoms with E-state index in [0.717, 1.165) is 24.1 Å². The Hall–Kier alpha value is -0.870. The molecule has 1 aromatic rings. The van der Waals surface area contributed by atoms with Gasteiger partial charge in [-0.3, -0.25) is 4.79 Å². The van der Waals surface area contributed by atoms with E-state index in [4.69, 9.17) is 9.47 Å². The van der Waals surface area contributed by atoms with Crippen molar-refractivity contribution in [3.05, 3.63) is 28.2 Å². The average molecular weight is 299 g/mol. The molecule has 2 rings (SSSR count). The lowest BCUT2D eigenvalue weighted by Crippen LogP contribution is -2.13. The lowest BCUT2D eigenvalue weighted by atomic mass is 10.1. The van der Waals surface area contributed by atoms with Gasteiger partial charge in [0.05, 0.1) is 18.8 Å². The number of benzene rings is 1. The lowest BCUT2D eigenvalue weighted by Gasteiger charge is -2.13. The molecule has 1 heterocycles. The monoisotopic (exact) mass is 298 g/mol. The number of ether oxygens (including phenoxy) is 2. The van der Waals surface area contributed by atoms with E-state index in [-0.39, 0.29) is 5.78 Å². The molecule has 4 heteroatoms. The molecule has 1 fully saturated rings. The van der Waals surface area contributed by atoms with E-state index in [0.29, 0.717) is 23.8 Å². The molecule has 17 heavy (non-hydrogen) atoms. The summed E-state index contributed by atoms with van der Waals surface area (Å²) in [6, 6.07) is 5.47. The van der Waals surface area contributed by atoms with E-state index in [9.17, 15) is 4.79 Å². The van der Waals surface area contributed by atoms with Gasteiger partial charge in [-0.1, -0.05) is 15.9 Å². The normalized spacial score (nSPS) is 19.3. The van der Waals surface area contributed by atoms with Crippen LogP contribution >= 0.6 is 15.9 Å². The largest absolute Gasteiger partial charge is 0.492 e. The van der Waals surface area contributed by atoms with Crippen molar-refractivity contribution in [1.29, 1.82) is 0 Å². The van der Waals surface area contributed by atoms with Gasteiger partial charge in [-0.15, -0.1) is 0 Å². The number of carbonyl (C=O) groups is 1. The van der Waals surface area contributed by atoms with Crippen molar-refractivity contribution >= 4 is 21.7 Å². The van der Waals surface area contributed by atoms with Gasteiger partial charge in [-0.05, 0) is 31.5 Å². The zero-order valence-electron chi connectivity index (χ0n) is 9.74. The van der Waals surface area contributed by atoms with Crippen LogP contribution in [0.4, 0.5) is 0 Å². The molecule has 1 aromatic carbocycles. The third-order valence-electron chi connectivity index (χ3n) is 2.82. The van der Waals surface area contributed by atoms with E-state index < -0.39 is 0 Å². The van der Waals surface area contributed by atoms with Crippen LogP contribution in [0.5, 0.6) is 5.75 Å². The van der Waals surface area contributed by atoms with Gasteiger partial charge < -0.3 is 9.47 Å². The Morgan fingerprint density at radius 3 is 3.06 bits per heavy atom. The number of hydrogen-bond donors (Lipinski definition) is 0. The first kappa shape index (κ1) is 12.6. The molecule has 0 spiro atoms. The number of hydrogen-bond acceptors (Lipinski definition) is 3. The summed E-state index contributed by atoms with van der Waals surface area (Å²) in [4.78, 5) is 11.5. The summed E-state index contributed by atoms with van der Waals surface area (Å²) < 4.78 is 11.9. The molecule has 1 saturated heterocycles. The fraction of sp³-hybridized carbons (Fsp3) is 0.462. The van der Waals surface area contributed by atoms with Crippen LogP contribution in [0, 0.1) is 5.92 Å². The second kappa shape index (κ2) is 5.65. The van der Waals surface area contributed by atoms with Crippen molar-refractivity contribution in [3.8, 4) is 5.75 Å². The van der Waals surface area contributed by atoms with Crippen LogP contribution in [-0.4, -0.2) is 25.6 Å². The van der Waals surface area contributed by atoms with Crippen LogP contribution in [-0.2, 0) is 4.74 Å². The molecule has 0 aliphatic carbocycles. The minimum Gasteiger partial charge on any atom is -0.492 e. The maximum atomic E-state index is 11.5. The second-order valence-electron chi connectivity index (χ2n) is 4.24. The van der Waals surface area contributed by atoms with Crippen LogP contribution in [0.1, 0.15) is 23.7 Å². The highest BCUT2D eigenvalue weighted by atomic mass is 79.9. The summed E-state index contributed by atoms with van der Waals surface area (Å²) >= 11 is 3.38. The van der Waals surface area contributed by atoms with Crippen LogP contribution < -0.4 is 4.74 Å². The van der Waals surface area contributed by atoms with E-state index in [1.165, 1.54) is 0 Å². The van der Waals surface area contributed by atoms with E-state index in [1.807, 2.05) is 12.1 Å². The predicted octanol–water partition coefficient (Wildman–Crippen LogP) is 3.07. The topological polar surface area (TPSA) is 35.5 Å². The lowest BCUT2D eigenvalue weighted by molar-refractivity contribution is 0.101. The molecule has 0 bridgehead atoms. The summed E-state index contributed by atoms with van der Waals surface area (Å²) in [6.07, 6.45) is 1.03. The van der Waals surface area contributed by atoms with Gasteiger partial charge in [0.1, 0.15) is 5.75 Å². The van der Waals surface area contributed by atoms with E-state index >= 15 is 0 Å². The second-order valence-corrected chi connectivity index (χ2v) is 5.15. The molecule has 92 valence electrons. The first-order chi connectivity index (χ1) is 8.16. The number of Topliss-reactive ketones (excluding diaryl/α,β-unsaturated/α-hetero) is 1. The summed E-state index contributed by atoms with van der Waals surface area (Å²) in [6.45, 7) is 3.72. The van der Waals surface area contributed by atoms with Gasteiger partial charge in [0.15, 0.2) is 5.78 Å².